The molecule has 0 fully saturated rings. The zero-order chi connectivity index (χ0) is 25.4. The number of alkyl halides is 3. The van der Waals surface area contributed by atoms with Crippen LogP contribution in [-0.2, 0) is 11.0 Å². The number of amides is 2. The summed E-state index contributed by atoms with van der Waals surface area (Å²) in [5, 5.41) is 11.7. The summed E-state index contributed by atoms with van der Waals surface area (Å²) in [6.07, 6.45) is -3.13. The molecule has 1 N–H and O–H groups in total. The average Bonchev–Trinajstić information content (AvgIpc) is 3.31. The number of hydrogen-bond acceptors (Lipinski definition) is 6. The summed E-state index contributed by atoms with van der Waals surface area (Å²) in [5.41, 5.74) is -0.133. The van der Waals surface area contributed by atoms with E-state index < -0.39 is 17.6 Å². The van der Waals surface area contributed by atoms with Crippen LogP contribution in [-0.4, -0.2) is 47.1 Å². The van der Waals surface area contributed by atoms with Gasteiger partial charge in [-0.1, -0.05) is 30.7 Å². The summed E-state index contributed by atoms with van der Waals surface area (Å²) in [6, 6.07) is 11.6. The van der Waals surface area contributed by atoms with Gasteiger partial charge in [-0.2, -0.15) is 13.2 Å². The molecule has 186 valence electrons. The van der Waals surface area contributed by atoms with Crippen LogP contribution in [0, 0.1) is 0 Å². The molecule has 0 aliphatic heterocycles. The number of anilines is 1. The monoisotopic (exact) mass is 506 g/mol. The van der Waals surface area contributed by atoms with Crippen LogP contribution in [0.5, 0.6) is 5.75 Å². The molecule has 11 heteroatoms. The number of carbonyl (C=O) groups excluding carboxylic acids is 2. The molecule has 2 aromatic carbocycles. The zero-order valence-electron chi connectivity index (χ0n) is 19.3. The largest absolute Gasteiger partial charge is 0.497 e. The second-order valence-corrected chi connectivity index (χ2v) is 8.64. The fourth-order valence-electron chi connectivity index (χ4n) is 3.22. The third-order valence-corrected chi connectivity index (χ3v) is 6.01. The van der Waals surface area contributed by atoms with Crippen molar-refractivity contribution in [2.75, 3.05) is 25.5 Å². The van der Waals surface area contributed by atoms with Gasteiger partial charge in [-0.15, -0.1) is 10.2 Å². The minimum atomic E-state index is -4.54. The van der Waals surface area contributed by atoms with Crippen molar-refractivity contribution in [1.82, 2.24) is 15.1 Å². The van der Waals surface area contributed by atoms with Gasteiger partial charge in [0, 0.05) is 30.6 Å². The minimum absolute atomic E-state index is 0.0358. The van der Waals surface area contributed by atoms with Gasteiger partial charge in [0.1, 0.15) is 10.8 Å². The molecule has 0 spiro atoms. The molecule has 7 nitrogen and oxygen atoms in total. The van der Waals surface area contributed by atoms with Crippen LogP contribution < -0.4 is 10.1 Å². The summed E-state index contributed by atoms with van der Waals surface area (Å²) >= 11 is 1.20. The first kappa shape index (κ1) is 26.1. The van der Waals surface area contributed by atoms with E-state index >= 15 is 0 Å². The average molecular weight is 507 g/mol. The molecule has 0 radical (unpaired) electrons. The quantitative estimate of drug-likeness (QED) is 0.392. The van der Waals surface area contributed by atoms with Gasteiger partial charge < -0.3 is 15.0 Å². The number of ether oxygens (including phenoxy) is 1. The van der Waals surface area contributed by atoms with E-state index in [0.717, 1.165) is 24.1 Å². The van der Waals surface area contributed by atoms with Crippen LogP contribution >= 0.6 is 11.3 Å². The number of halogens is 3. The number of benzene rings is 2. The Kier molecular flexibility index (Phi) is 8.80. The van der Waals surface area contributed by atoms with E-state index in [-0.39, 0.29) is 24.4 Å². The van der Waals surface area contributed by atoms with Crippen LogP contribution in [0.25, 0.3) is 10.6 Å². The smallest absolute Gasteiger partial charge is 0.416 e. The fourth-order valence-corrected chi connectivity index (χ4v) is 3.98. The Morgan fingerprint density at radius 1 is 1.09 bits per heavy atom. The number of carbonyl (C=O) groups is 2. The Hall–Kier alpha value is -3.47. The second kappa shape index (κ2) is 11.8. The summed E-state index contributed by atoms with van der Waals surface area (Å²) in [4.78, 5) is 26.8. The van der Waals surface area contributed by atoms with Gasteiger partial charge in [-0.25, -0.2) is 0 Å². The van der Waals surface area contributed by atoms with Crippen molar-refractivity contribution >= 4 is 28.3 Å². The first-order valence-electron chi connectivity index (χ1n) is 11.0. The molecule has 0 aliphatic rings. The molecular formula is C24H25F3N4O3S. The van der Waals surface area contributed by atoms with Gasteiger partial charge in [0.15, 0.2) is 0 Å². The Morgan fingerprint density at radius 2 is 1.83 bits per heavy atom. The van der Waals surface area contributed by atoms with Crippen molar-refractivity contribution in [3.63, 3.8) is 0 Å². The topological polar surface area (TPSA) is 84.4 Å². The summed E-state index contributed by atoms with van der Waals surface area (Å²) in [7, 11) is 1.57. The number of nitrogens with zero attached hydrogens (tertiary/aromatic N) is 3. The van der Waals surface area contributed by atoms with Crippen LogP contribution in [0.1, 0.15) is 42.1 Å². The van der Waals surface area contributed by atoms with E-state index in [9.17, 15) is 22.8 Å². The highest BCUT2D eigenvalue weighted by Crippen LogP contribution is 2.30. The number of nitrogens with one attached hydrogen (secondary N) is 1. The Bertz CT molecular complexity index is 1150. The van der Waals surface area contributed by atoms with Crippen LogP contribution in [0.2, 0.25) is 0 Å². The SMILES string of the molecule is CCCCN(CCC(=O)Nc1nnc(-c2ccc(OC)cc2)s1)C(=O)c1cccc(C(F)(F)F)c1. The molecule has 0 bridgehead atoms. The van der Waals surface area contributed by atoms with Gasteiger partial charge in [0.05, 0.1) is 12.7 Å². The predicted molar refractivity (Wildman–Crippen MR) is 127 cm³/mol. The van der Waals surface area contributed by atoms with Crippen LogP contribution in [0.4, 0.5) is 18.3 Å². The highest BCUT2D eigenvalue weighted by Gasteiger charge is 2.31. The maximum atomic E-state index is 13.0. The van der Waals surface area contributed by atoms with E-state index in [2.05, 4.69) is 15.5 Å². The normalized spacial score (nSPS) is 11.2. The number of hydrogen-bond donors (Lipinski definition) is 1. The molecule has 3 aromatic rings. The van der Waals surface area contributed by atoms with Gasteiger partial charge in [-0.3, -0.25) is 9.59 Å². The number of unbranched alkanes of at least 4 members (excludes halogenated alkanes) is 1. The summed E-state index contributed by atoms with van der Waals surface area (Å²) in [5.74, 6) is -0.213. The molecule has 0 saturated heterocycles. The maximum Gasteiger partial charge on any atom is 0.416 e. The highest BCUT2D eigenvalue weighted by atomic mass is 32.1. The van der Waals surface area contributed by atoms with Gasteiger partial charge >= 0.3 is 6.18 Å². The van der Waals surface area contributed by atoms with E-state index in [4.69, 9.17) is 4.74 Å². The minimum Gasteiger partial charge on any atom is -0.497 e. The number of methoxy groups -OCH3 is 1. The lowest BCUT2D eigenvalue weighted by Gasteiger charge is -2.23. The fraction of sp³-hybridized carbons (Fsp3) is 0.333. The van der Waals surface area contributed by atoms with Crippen molar-refractivity contribution in [3.8, 4) is 16.3 Å². The van der Waals surface area contributed by atoms with Gasteiger partial charge in [-0.05, 0) is 48.9 Å². The third kappa shape index (κ3) is 7.25. The van der Waals surface area contributed by atoms with Crippen molar-refractivity contribution in [2.24, 2.45) is 0 Å². The molecule has 1 aromatic heterocycles. The Morgan fingerprint density at radius 3 is 2.49 bits per heavy atom. The first-order chi connectivity index (χ1) is 16.7. The van der Waals surface area contributed by atoms with Crippen LogP contribution in [0.15, 0.2) is 48.5 Å². The molecule has 0 atom stereocenters. The van der Waals surface area contributed by atoms with Crippen molar-refractivity contribution in [1.29, 1.82) is 0 Å². The standard InChI is InChI=1S/C24H25F3N4O3S/c1-3-4-13-31(22(33)17-6-5-7-18(15-17)24(25,26)27)14-12-20(32)28-23-30-29-21(35-23)16-8-10-19(34-2)11-9-16/h5-11,15H,3-4,12-14H2,1-2H3,(H,28,30,32). The highest BCUT2D eigenvalue weighted by molar-refractivity contribution is 7.18. The first-order valence-corrected chi connectivity index (χ1v) is 11.8. The number of aromatic nitrogens is 2. The van der Waals surface area contributed by atoms with E-state index in [1.165, 1.54) is 28.4 Å². The maximum absolute atomic E-state index is 13.0. The lowest BCUT2D eigenvalue weighted by Crippen LogP contribution is -2.34. The van der Waals surface area contributed by atoms with E-state index in [0.29, 0.717) is 28.9 Å². The second-order valence-electron chi connectivity index (χ2n) is 7.66. The predicted octanol–water partition coefficient (Wildman–Crippen LogP) is 5.50. The van der Waals surface area contributed by atoms with Crippen molar-refractivity contribution in [3.05, 3.63) is 59.7 Å². The van der Waals surface area contributed by atoms with E-state index in [1.807, 2.05) is 19.1 Å². The van der Waals surface area contributed by atoms with E-state index in [1.54, 1.807) is 19.2 Å². The molecule has 0 aliphatic carbocycles. The third-order valence-electron chi connectivity index (χ3n) is 5.12. The van der Waals surface area contributed by atoms with Crippen molar-refractivity contribution in [2.45, 2.75) is 32.4 Å². The van der Waals surface area contributed by atoms with Gasteiger partial charge in [0.25, 0.3) is 5.91 Å². The molecule has 1 heterocycles. The molecule has 0 unspecified atom stereocenters. The number of rotatable bonds is 10. The molecular weight excluding hydrogens is 481 g/mol. The van der Waals surface area contributed by atoms with Crippen molar-refractivity contribution < 1.29 is 27.5 Å². The van der Waals surface area contributed by atoms with Crippen LogP contribution in [0.3, 0.4) is 0 Å². The summed E-state index contributed by atoms with van der Waals surface area (Å²) in [6.45, 7) is 2.33. The lowest BCUT2D eigenvalue weighted by atomic mass is 10.1. The summed E-state index contributed by atoms with van der Waals surface area (Å²) < 4.78 is 44.3. The molecule has 0 saturated carbocycles. The molecule has 3 rings (SSSR count). The molecule has 35 heavy (non-hydrogen) atoms. The molecule has 2 amide bonds. The zero-order valence-corrected chi connectivity index (χ0v) is 20.1. The Labute approximate surface area is 204 Å². The Balaban J connectivity index is 1.62. The van der Waals surface area contributed by atoms with Gasteiger partial charge in [0.2, 0.25) is 11.0 Å². The lowest BCUT2D eigenvalue weighted by molar-refractivity contribution is -0.137.